The van der Waals surface area contributed by atoms with Gasteiger partial charge in [-0.25, -0.2) is 13.1 Å². The van der Waals surface area contributed by atoms with Crippen LogP contribution in [-0.2, 0) is 10.0 Å². The van der Waals surface area contributed by atoms with Gasteiger partial charge in [0.2, 0.25) is 26.7 Å². The zero-order chi connectivity index (χ0) is 30.1. The molecule has 40 heavy (non-hydrogen) atoms. The van der Waals surface area contributed by atoms with Gasteiger partial charge in [-0.1, -0.05) is 47.6 Å². The van der Waals surface area contributed by atoms with Crippen LogP contribution in [0.25, 0.3) is 0 Å². The highest BCUT2D eigenvalue weighted by Crippen LogP contribution is 2.45. The van der Waals surface area contributed by atoms with Crippen LogP contribution >= 0.6 is 0 Å². The number of sulfonamides is 1. The van der Waals surface area contributed by atoms with Gasteiger partial charge < -0.3 is 8.85 Å². The van der Waals surface area contributed by atoms with Crippen molar-refractivity contribution in [1.29, 1.82) is 5.26 Å². The predicted octanol–water partition coefficient (Wildman–Crippen LogP) is 8.33. The lowest BCUT2D eigenvalue weighted by molar-refractivity contribution is 0.367. The van der Waals surface area contributed by atoms with Crippen LogP contribution in [0.2, 0.25) is 36.3 Å². The van der Waals surface area contributed by atoms with Gasteiger partial charge in [-0.3, -0.25) is 0 Å². The highest BCUT2D eigenvalue weighted by atomic mass is 32.2. The van der Waals surface area contributed by atoms with Crippen molar-refractivity contribution < 1.29 is 17.3 Å². The lowest BCUT2D eigenvalue weighted by Gasteiger charge is -2.39. The molecule has 1 aliphatic carbocycles. The molecule has 220 valence electrons. The highest BCUT2D eigenvalue weighted by Gasteiger charge is 2.41. The second-order valence-corrected chi connectivity index (χ2v) is 25.4. The number of nitriles is 1. The van der Waals surface area contributed by atoms with Crippen LogP contribution < -0.4 is 13.6 Å². The van der Waals surface area contributed by atoms with Gasteiger partial charge in [0.1, 0.15) is 11.5 Å². The molecule has 1 saturated carbocycles. The standard InChI is InChI=1S/C31H48N2O4SSi2/c1-30(2,3)39(7,8)36-26-17-20-28(29(21-26)37-40(9,10)31(4,5)6)24-13-15-25(16-14-24)33-38(34,35)27-18-11-23(22-32)12-19-27/h11-12,17-21,24-25,33H,13-16H2,1-10H3/t24-,25-. The van der Waals surface area contributed by atoms with Gasteiger partial charge >= 0.3 is 0 Å². The molecule has 0 unspecified atom stereocenters. The van der Waals surface area contributed by atoms with Crippen LogP contribution in [0.1, 0.15) is 84.3 Å². The van der Waals surface area contributed by atoms with Gasteiger partial charge in [-0.05, 0) is 104 Å². The average molecular weight is 601 g/mol. The van der Waals surface area contributed by atoms with Crippen LogP contribution in [-0.4, -0.2) is 31.1 Å². The zero-order valence-corrected chi connectivity index (χ0v) is 28.8. The lowest BCUT2D eigenvalue weighted by Crippen LogP contribution is -2.44. The van der Waals surface area contributed by atoms with Crippen molar-refractivity contribution in [1.82, 2.24) is 4.72 Å². The van der Waals surface area contributed by atoms with E-state index in [9.17, 15) is 8.42 Å². The molecular weight excluding hydrogens is 553 g/mol. The quantitative estimate of drug-likeness (QED) is 0.308. The summed E-state index contributed by atoms with van der Waals surface area (Å²) >= 11 is 0. The van der Waals surface area contributed by atoms with E-state index in [0.717, 1.165) is 37.2 Å². The Kier molecular flexibility index (Phi) is 9.42. The van der Waals surface area contributed by atoms with Crippen molar-refractivity contribution in [3.63, 3.8) is 0 Å². The van der Waals surface area contributed by atoms with E-state index in [2.05, 4.69) is 90.7 Å². The number of nitrogens with zero attached hydrogens (tertiary/aromatic N) is 1. The van der Waals surface area contributed by atoms with E-state index in [1.807, 2.05) is 6.07 Å². The number of hydrogen-bond donors (Lipinski definition) is 1. The molecule has 6 nitrogen and oxygen atoms in total. The van der Waals surface area contributed by atoms with E-state index in [0.29, 0.717) is 5.56 Å². The fourth-order valence-corrected chi connectivity index (χ4v) is 7.76. The largest absolute Gasteiger partial charge is 0.543 e. The smallest absolute Gasteiger partial charge is 0.250 e. The Labute approximate surface area is 244 Å². The molecule has 0 spiro atoms. The number of hydrogen-bond acceptors (Lipinski definition) is 5. The zero-order valence-electron chi connectivity index (χ0n) is 26.0. The molecule has 3 rings (SSSR count). The van der Waals surface area contributed by atoms with Crippen LogP contribution in [0, 0.1) is 11.3 Å². The van der Waals surface area contributed by atoms with Gasteiger partial charge in [0.15, 0.2) is 0 Å². The molecule has 0 aromatic heterocycles. The van der Waals surface area contributed by atoms with Gasteiger partial charge in [0.25, 0.3) is 0 Å². The number of rotatable bonds is 8. The summed E-state index contributed by atoms with van der Waals surface area (Å²) < 4.78 is 42.4. The molecule has 1 aliphatic rings. The molecule has 2 aromatic rings. The first-order chi connectivity index (χ1) is 18.3. The minimum atomic E-state index is -3.64. The first-order valence-corrected chi connectivity index (χ1v) is 21.6. The molecule has 0 aliphatic heterocycles. The Bertz CT molecular complexity index is 1330. The van der Waals surface area contributed by atoms with Gasteiger partial charge in [0, 0.05) is 12.1 Å². The van der Waals surface area contributed by atoms with Crippen molar-refractivity contribution >= 4 is 26.7 Å². The molecule has 0 atom stereocenters. The molecule has 0 bridgehead atoms. The summed E-state index contributed by atoms with van der Waals surface area (Å²) in [7, 11) is -7.76. The molecule has 1 fully saturated rings. The second kappa shape index (κ2) is 11.6. The Morgan fingerprint density at radius 1 is 0.825 bits per heavy atom. The Balaban J connectivity index is 1.81. The molecule has 0 radical (unpaired) electrons. The normalized spacial score (nSPS) is 19.1. The highest BCUT2D eigenvalue weighted by molar-refractivity contribution is 7.89. The molecule has 9 heteroatoms. The molecular formula is C31H48N2O4SSi2. The average Bonchev–Trinajstić information content (AvgIpc) is 2.83. The van der Waals surface area contributed by atoms with Crippen molar-refractivity contribution in [2.75, 3.05) is 0 Å². The van der Waals surface area contributed by atoms with E-state index >= 15 is 0 Å². The minimum Gasteiger partial charge on any atom is -0.543 e. The van der Waals surface area contributed by atoms with Gasteiger partial charge in [0.05, 0.1) is 16.5 Å². The summed E-state index contributed by atoms with van der Waals surface area (Å²) in [6, 6.07) is 14.3. The first kappa shape index (κ1) is 32.4. The van der Waals surface area contributed by atoms with Crippen molar-refractivity contribution in [2.45, 2.75) is 120 Å². The lowest BCUT2D eigenvalue weighted by atomic mass is 9.81. The van der Waals surface area contributed by atoms with E-state index in [1.165, 1.54) is 29.8 Å². The van der Waals surface area contributed by atoms with Crippen LogP contribution in [0.5, 0.6) is 11.5 Å². The summed E-state index contributed by atoms with van der Waals surface area (Å²) in [5.74, 6) is 2.08. The van der Waals surface area contributed by atoms with Crippen LogP contribution in [0.4, 0.5) is 0 Å². The van der Waals surface area contributed by atoms with Crippen molar-refractivity contribution in [3.05, 3.63) is 53.6 Å². The number of nitrogens with one attached hydrogen (secondary N) is 1. The maximum Gasteiger partial charge on any atom is 0.250 e. The summed E-state index contributed by atoms with van der Waals surface area (Å²) in [5.41, 5.74) is 1.64. The van der Waals surface area contributed by atoms with Crippen LogP contribution in [0.15, 0.2) is 47.4 Å². The van der Waals surface area contributed by atoms with Crippen molar-refractivity contribution in [3.8, 4) is 17.6 Å². The van der Waals surface area contributed by atoms with Gasteiger partial charge in [-0.2, -0.15) is 5.26 Å². The van der Waals surface area contributed by atoms with E-state index in [1.54, 1.807) is 0 Å². The predicted molar refractivity (Wildman–Crippen MR) is 169 cm³/mol. The fourth-order valence-electron chi connectivity index (χ4n) is 4.40. The van der Waals surface area contributed by atoms with E-state index in [-0.39, 0.29) is 26.9 Å². The Morgan fingerprint density at radius 3 is 1.85 bits per heavy atom. The third-order valence-electron chi connectivity index (χ3n) is 9.12. The number of benzene rings is 2. The van der Waals surface area contributed by atoms with Crippen LogP contribution in [0.3, 0.4) is 0 Å². The Morgan fingerprint density at radius 2 is 1.35 bits per heavy atom. The Hall–Kier alpha value is -2.13. The summed E-state index contributed by atoms with van der Waals surface area (Å²) in [5, 5.41) is 9.15. The molecule has 0 heterocycles. The molecule has 0 amide bonds. The molecule has 0 saturated heterocycles. The maximum absolute atomic E-state index is 13.0. The topological polar surface area (TPSA) is 88.4 Å². The summed E-state index contributed by atoms with van der Waals surface area (Å²) in [6.07, 6.45) is 3.25. The van der Waals surface area contributed by atoms with Gasteiger partial charge in [-0.15, -0.1) is 0 Å². The van der Waals surface area contributed by atoms with E-state index < -0.39 is 26.7 Å². The third-order valence-corrected chi connectivity index (χ3v) is 19.4. The SMILES string of the molecule is CC(C)(C)[Si](C)(C)Oc1ccc([C@H]2CC[C@H](NS(=O)(=O)c3ccc(C#N)cc3)CC2)c(O[Si](C)(C)C(C)(C)C)c1. The monoisotopic (exact) mass is 600 g/mol. The summed E-state index contributed by atoms with van der Waals surface area (Å²) in [6.45, 7) is 22.5. The van der Waals surface area contributed by atoms with E-state index in [4.69, 9.17) is 14.1 Å². The maximum atomic E-state index is 13.0. The fraction of sp³-hybridized carbons (Fsp3) is 0.581. The van der Waals surface area contributed by atoms with Crippen molar-refractivity contribution in [2.24, 2.45) is 0 Å². The molecule has 1 N–H and O–H groups in total. The molecule has 2 aromatic carbocycles. The first-order valence-electron chi connectivity index (χ1n) is 14.3. The second-order valence-electron chi connectivity index (χ2n) is 14.2. The minimum absolute atomic E-state index is 0.0575. The third kappa shape index (κ3) is 7.58. The summed E-state index contributed by atoms with van der Waals surface area (Å²) in [4.78, 5) is 0.191.